The molecule has 0 spiro atoms. The van der Waals surface area contributed by atoms with E-state index in [1.165, 1.54) is 20.3 Å². The predicted octanol–water partition coefficient (Wildman–Crippen LogP) is 4.43. The number of benzene rings is 3. The van der Waals surface area contributed by atoms with E-state index in [9.17, 15) is 24.5 Å². The second kappa shape index (κ2) is 12.8. The summed E-state index contributed by atoms with van der Waals surface area (Å²) in [7, 11) is 2.67. The lowest BCUT2D eigenvalue weighted by molar-refractivity contribution is -0.385. The minimum Gasteiger partial charge on any atom is -0.493 e. The molecular weight excluding hydrogens is 536 g/mol. The van der Waals surface area contributed by atoms with Gasteiger partial charge in [0.05, 0.1) is 30.8 Å². The number of carboxylic acid groups (broad SMARTS) is 1. The summed E-state index contributed by atoms with van der Waals surface area (Å²) in [6, 6.07) is 16.6. The predicted molar refractivity (Wildman–Crippen MR) is 145 cm³/mol. The molecule has 0 heterocycles. The number of carboxylic acids is 1. The molecule has 1 atom stereocenters. The van der Waals surface area contributed by atoms with Gasteiger partial charge in [-0.3, -0.25) is 14.9 Å². The van der Waals surface area contributed by atoms with E-state index in [4.69, 9.17) is 24.1 Å². The van der Waals surface area contributed by atoms with Crippen LogP contribution < -0.4 is 14.8 Å². The molecule has 0 aromatic heterocycles. The van der Waals surface area contributed by atoms with E-state index in [0.717, 1.165) is 28.3 Å². The Morgan fingerprint density at radius 3 is 2.10 bits per heavy atom. The average molecular weight is 565 g/mol. The van der Waals surface area contributed by atoms with Gasteiger partial charge in [0.2, 0.25) is 0 Å². The first-order valence-corrected chi connectivity index (χ1v) is 12.6. The monoisotopic (exact) mass is 564 g/mol. The SMILES string of the molecule is COc1cc(COC(=O)[C@H](CCC(=O)O)NC(=O)OCC2c3ccccc3-c3ccccc32)c([N+](=O)[O-])cc1OC. The Labute approximate surface area is 234 Å². The molecule has 1 aliphatic rings. The first-order chi connectivity index (χ1) is 19.7. The number of carbonyl (C=O) groups excluding carboxylic acids is 2. The number of nitrogens with zero attached hydrogens (tertiary/aromatic N) is 1. The number of nitro benzene ring substituents is 1. The Balaban J connectivity index is 1.44. The Hall–Kier alpha value is -5.13. The van der Waals surface area contributed by atoms with Gasteiger partial charge in [-0.2, -0.15) is 0 Å². The maximum atomic E-state index is 12.9. The van der Waals surface area contributed by atoms with Crippen LogP contribution in [0.15, 0.2) is 60.7 Å². The molecule has 1 amide bonds. The molecule has 3 aromatic carbocycles. The summed E-state index contributed by atoms with van der Waals surface area (Å²) in [4.78, 5) is 47.7. The summed E-state index contributed by atoms with van der Waals surface area (Å²) in [5.41, 5.74) is 3.73. The second-order valence-electron chi connectivity index (χ2n) is 9.16. The van der Waals surface area contributed by atoms with Crippen molar-refractivity contribution in [2.24, 2.45) is 0 Å². The van der Waals surface area contributed by atoms with Crippen LogP contribution in [0.4, 0.5) is 10.5 Å². The molecule has 12 nitrogen and oxygen atoms in total. The Morgan fingerprint density at radius 2 is 1.54 bits per heavy atom. The number of hydrogen-bond donors (Lipinski definition) is 2. The van der Waals surface area contributed by atoms with E-state index in [1.807, 2.05) is 48.5 Å². The summed E-state index contributed by atoms with van der Waals surface area (Å²) in [6.45, 7) is -0.552. The lowest BCUT2D eigenvalue weighted by atomic mass is 9.98. The zero-order chi connectivity index (χ0) is 29.5. The number of nitrogens with one attached hydrogen (secondary N) is 1. The first-order valence-electron chi connectivity index (χ1n) is 12.6. The molecule has 41 heavy (non-hydrogen) atoms. The molecule has 0 radical (unpaired) electrons. The van der Waals surface area contributed by atoms with Crippen molar-refractivity contribution < 1.29 is 43.4 Å². The molecule has 0 fully saturated rings. The Kier molecular flexibility index (Phi) is 9.02. The van der Waals surface area contributed by atoms with Crippen LogP contribution in [-0.2, 0) is 25.7 Å². The fourth-order valence-electron chi connectivity index (χ4n) is 4.74. The van der Waals surface area contributed by atoms with Crippen LogP contribution in [0.1, 0.15) is 35.4 Å². The van der Waals surface area contributed by atoms with Crippen molar-refractivity contribution in [3.8, 4) is 22.6 Å². The molecule has 214 valence electrons. The van der Waals surface area contributed by atoms with E-state index < -0.39 is 42.0 Å². The molecule has 0 bridgehead atoms. The summed E-state index contributed by atoms with van der Waals surface area (Å²) in [6.07, 6.45) is -1.66. The normalized spacial score (nSPS) is 12.4. The van der Waals surface area contributed by atoms with E-state index in [-0.39, 0.29) is 41.7 Å². The Bertz CT molecular complexity index is 1430. The lowest BCUT2D eigenvalue weighted by Gasteiger charge is -2.19. The third-order valence-corrected chi connectivity index (χ3v) is 6.72. The van der Waals surface area contributed by atoms with Gasteiger partial charge in [0.15, 0.2) is 11.5 Å². The topological polar surface area (TPSA) is 164 Å². The van der Waals surface area contributed by atoms with Crippen molar-refractivity contribution in [2.75, 3.05) is 20.8 Å². The average Bonchev–Trinajstić information content (AvgIpc) is 3.29. The van der Waals surface area contributed by atoms with E-state index in [2.05, 4.69) is 5.32 Å². The molecule has 0 aliphatic heterocycles. The van der Waals surface area contributed by atoms with Crippen molar-refractivity contribution in [2.45, 2.75) is 31.4 Å². The van der Waals surface area contributed by atoms with Crippen molar-refractivity contribution in [3.05, 3.63) is 87.5 Å². The Morgan fingerprint density at radius 1 is 0.951 bits per heavy atom. The molecule has 0 saturated heterocycles. The molecule has 4 rings (SSSR count). The van der Waals surface area contributed by atoms with E-state index in [0.29, 0.717) is 0 Å². The molecule has 3 aromatic rings. The summed E-state index contributed by atoms with van der Waals surface area (Å²) in [5, 5.41) is 23.1. The number of methoxy groups -OCH3 is 2. The van der Waals surface area contributed by atoms with Gasteiger partial charge in [0, 0.05) is 12.3 Å². The van der Waals surface area contributed by atoms with E-state index in [1.54, 1.807) is 0 Å². The summed E-state index contributed by atoms with van der Waals surface area (Å²) >= 11 is 0. The summed E-state index contributed by atoms with van der Waals surface area (Å²) < 4.78 is 21.0. The van der Waals surface area contributed by atoms with Crippen molar-refractivity contribution >= 4 is 23.7 Å². The second-order valence-corrected chi connectivity index (χ2v) is 9.16. The van der Waals surface area contributed by atoms with Gasteiger partial charge in [-0.15, -0.1) is 0 Å². The minimum absolute atomic E-state index is 0.0131. The van der Waals surface area contributed by atoms with Crippen molar-refractivity contribution in [1.29, 1.82) is 0 Å². The molecule has 2 N–H and O–H groups in total. The smallest absolute Gasteiger partial charge is 0.407 e. The molecule has 0 saturated carbocycles. The van der Waals surface area contributed by atoms with Gasteiger partial charge in [0.1, 0.15) is 19.3 Å². The number of carbonyl (C=O) groups is 3. The van der Waals surface area contributed by atoms with Gasteiger partial charge >= 0.3 is 18.0 Å². The zero-order valence-electron chi connectivity index (χ0n) is 22.3. The number of hydrogen-bond acceptors (Lipinski definition) is 9. The molecule has 1 aliphatic carbocycles. The standard InChI is InChI=1S/C29H28N2O10/c1-38-25-13-17(24(31(36)37)14-26(25)39-2)15-40-28(34)23(11-12-27(32)33)30-29(35)41-16-22-20-9-5-3-7-18(20)19-8-4-6-10-21(19)22/h3-10,13-14,22-23H,11-12,15-16H2,1-2H3,(H,30,35)(H,32,33)/t23-/m0/s1. The highest BCUT2D eigenvalue weighted by Crippen LogP contribution is 2.44. The third kappa shape index (κ3) is 6.55. The fourth-order valence-corrected chi connectivity index (χ4v) is 4.74. The van der Waals surface area contributed by atoms with Crippen LogP contribution in [-0.4, -0.2) is 54.9 Å². The maximum Gasteiger partial charge on any atom is 0.407 e. The van der Waals surface area contributed by atoms with Gasteiger partial charge < -0.3 is 29.4 Å². The molecular formula is C29H28N2O10. The number of amides is 1. The van der Waals surface area contributed by atoms with Crippen LogP contribution in [0, 0.1) is 10.1 Å². The molecule has 0 unspecified atom stereocenters. The van der Waals surface area contributed by atoms with Gasteiger partial charge in [0.25, 0.3) is 5.69 Å². The summed E-state index contributed by atoms with van der Waals surface area (Å²) in [5.74, 6) is -2.09. The number of alkyl carbamates (subject to hydrolysis) is 1. The third-order valence-electron chi connectivity index (χ3n) is 6.72. The number of ether oxygens (including phenoxy) is 4. The number of fused-ring (bicyclic) bond motifs is 3. The maximum absolute atomic E-state index is 12.9. The van der Waals surface area contributed by atoms with Crippen LogP contribution in [0.2, 0.25) is 0 Å². The number of aliphatic carboxylic acids is 1. The number of rotatable bonds is 12. The highest BCUT2D eigenvalue weighted by Gasteiger charge is 2.30. The van der Waals surface area contributed by atoms with Crippen LogP contribution in [0.25, 0.3) is 11.1 Å². The van der Waals surface area contributed by atoms with Crippen molar-refractivity contribution in [3.63, 3.8) is 0 Å². The molecule has 12 heteroatoms. The van der Waals surface area contributed by atoms with Crippen LogP contribution >= 0.6 is 0 Å². The van der Waals surface area contributed by atoms with Gasteiger partial charge in [-0.05, 0) is 34.7 Å². The van der Waals surface area contributed by atoms with Crippen LogP contribution in [0.5, 0.6) is 11.5 Å². The largest absolute Gasteiger partial charge is 0.493 e. The minimum atomic E-state index is -1.37. The van der Waals surface area contributed by atoms with Gasteiger partial charge in [-0.1, -0.05) is 48.5 Å². The van der Waals surface area contributed by atoms with Crippen molar-refractivity contribution in [1.82, 2.24) is 5.32 Å². The van der Waals surface area contributed by atoms with E-state index >= 15 is 0 Å². The highest BCUT2D eigenvalue weighted by atomic mass is 16.6. The van der Waals surface area contributed by atoms with Gasteiger partial charge in [-0.25, -0.2) is 9.59 Å². The quantitative estimate of drug-likeness (QED) is 0.183. The van der Waals surface area contributed by atoms with Crippen LogP contribution in [0.3, 0.4) is 0 Å². The highest BCUT2D eigenvalue weighted by molar-refractivity contribution is 5.82. The number of nitro groups is 1. The zero-order valence-corrected chi connectivity index (χ0v) is 22.3. The fraction of sp³-hybridized carbons (Fsp3) is 0.276. The number of esters is 1. The lowest BCUT2D eigenvalue weighted by Crippen LogP contribution is -2.42. The first kappa shape index (κ1) is 28.9.